The summed E-state index contributed by atoms with van der Waals surface area (Å²) in [5, 5.41) is 0. The second-order valence-corrected chi connectivity index (χ2v) is 6.43. The third-order valence-electron chi connectivity index (χ3n) is 4.35. The summed E-state index contributed by atoms with van der Waals surface area (Å²) in [6, 6.07) is 13.0. The summed E-state index contributed by atoms with van der Waals surface area (Å²) < 4.78 is 5.91. The van der Waals surface area contributed by atoms with Crippen LogP contribution in [0.1, 0.15) is 12.5 Å². The summed E-state index contributed by atoms with van der Waals surface area (Å²) in [4.78, 5) is 0. The van der Waals surface area contributed by atoms with Crippen molar-refractivity contribution in [3.63, 3.8) is 0 Å². The van der Waals surface area contributed by atoms with E-state index in [0.29, 0.717) is 0 Å². The van der Waals surface area contributed by atoms with Gasteiger partial charge in [0.15, 0.2) is 0 Å². The number of nitrogens with zero attached hydrogens (tertiary/aromatic N) is 2. The fraction of sp³-hybridized carbons (Fsp3) is 0.222. The van der Waals surface area contributed by atoms with Gasteiger partial charge in [-0.15, -0.1) is 0 Å². The molecule has 0 bridgehead atoms. The molecule has 0 fully saturated rings. The standard InChI is InChI=1S/C18H17BrN2/c1-2-15-16(13-5-7-14(19)8-6-13)12-21-11-10-20-9-3-4-17(20)18(15)21/h3-9,12H,2,10-11H2,1H3. The van der Waals surface area contributed by atoms with E-state index in [2.05, 4.69) is 80.8 Å². The topological polar surface area (TPSA) is 9.86 Å². The molecule has 0 N–H and O–H groups in total. The predicted molar refractivity (Wildman–Crippen MR) is 90.4 cm³/mol. The van der Waals surface area contributed by atoms with Crippen LogP contribution in [-0.4, -0.2) is 9.13 Å². The fourth-order valence-electron chi connectivity index (χ4n) is 3.35. The average molecular weight is 341 g/mol. The van der Waals surface area contributed by atoms with Gasteiger partial charge in [0.1, 0.15) is 0 Å². The lowest BCUT2D eigenvalue weighted by atomic mass is 10.00. The van der Waals surface area contributed by atoms with Gasteiger partial charge in [0.05, 0.1) is 11.4 Å². The van der Waals surface area contributed by atoms with Crippen LogP contribution in [0, 0.1) is 0 Å². The van der Waals surface area contributed by atoms with Crippen molar-refractivity contribution >= 4 is 15.9 Å². The van der Waals surface area contributed by atoms with Gasteiger partial charge in [-0.3, -0.25) is 0 Å². The molecule has 0 amide bonds. The van der Waals surface area contributed by atoms with Crippen LogP contribution in [0.5, 0.6) is 0 Å². The van der Waals surface area contributed by atoms with Gasteiger partial charge in [0.25, 0.3) is 0 Å². The van der Waals surface area contributed by atoms with Gasteiger partial charge in [-0.2, -0.15) is 0 Å². The Morgan fingerprint density at radius 1 is 1.05 bits per heavy atom. The second-order valence-electron chi connectivity index (χ2n) is 5.51. The van der Waals surface area contributed by atoms with E-state index in [0.717, 1.165) is 24.0 Å². The number of halogens is 1. The Morgan fingerprint density at radius 2 is 1.81 bits per heavy atom. The largest absolute Gasteiger partial charge is 0.344 e. The molecule has 3 heteroatoms. The van der Waals surface area contributed by atoms with Gasteiger partial charge in [-0.1, -0.05) is 35.0 Å². The number of hydrogen-bond acceptors (Lipinski definition) is 0. The van der Waals surface area contributed by atoms with E-state index in [1.807, 2.05) is 0 Å². The fourth-order valence-corrected chi connectivity index (χ4v) is 3.62. The minimum absolute atomic E-state index is 1.05. The van der Waals surface area contributed by atoms with Crippen LogP contribution < -0.4 is 0 Å². The normalized spacial score (nSPS) is 13.0. The highest BCUT2D eigenvalue weighted by molar-refractivity contribution is 9.10. The minimum Gasteiger partial charge on any atom is -0.344 e. The van der Waals surface area contributed by atoms with Crippen LogP contribution in [0.25, 0.3) is 22.5 Å². The monoisotopic (exact) mass is 340 g/mol. The number of hydrogen-bond donors (Lipinski definition) is 0. The lowest BCUT2D eigenvalue weighted by Gasteiger charge is -2.20. The van der Waals surface area contributed by atoms with Gasteiger partial charge >= 0.3 is 0 Å². The van der Waals surface area contributed by atoms with E-state index in [1.54, 1.807) is 0 Å². The zero-order valence-corrected chi connectivity index (χ0v) is 13.6. The van der Waals surface area contributed by atoms with Gasteiger partial charge in [0, 0.05) is 35.5 Å². The minimum atomic E-state index is 1.05. The van der Waals surface area contributed by atoms with Crippen molar-refractivity contribution in [2.24, 2.45) is 0 Å². The molecule has 0 saturated carbocycles. The van der Waals surface area contributed by atoms with Gasteiger partial charge in [-0.05, 0) is 41.8 Å². The molecular formula is C18H17BrN2. The summed E-state index contributed by atoms with van der Waals surface area (Å²) in [6.07, 6.45) is 5.57. The Balaban J connectivity index is 1.94. The van der Waals surface area contributed by atoms with Crippen LogP contribution in [0.4, 0.5) is 0 Å². The SMILES string of the molecule is CCc1c(-c2ccc(Br)cc2)cn2c1-c1cccn1CC2. The highest BCUT2D eigenvalue weighted by Crippen LogP contribution is 2.37. The molecule has 0 saturated heterocycles. The Labute approximate surface area is 133 Å². The Bertz CT molecular complexity index is 793. The molecule has 21 heavy (non-hydrogen) atoms. The van der Waals surface area contributed by atoms with Gasteiger partial charge < -0.3 is 9.13 Å². The maximum absolute atomic E-state index is 3.52. The van der Waals surface area contributed by atoms with E-state index in [1.165, 1.54) is 28.1 Å². The third kappa shape index (κ3) is 1.99. The lowest BCUT2D eigenvalue weighted by molar-refractivity contribution is 0.560. The number of fused-ring (bicyclic) bond motifs is 3. The van der Waals surface area contributed by atoms with Crippen molar-refractivity contribution in [3.05, 3.63) is 58.8 Å². The lowest BCUT2D eigenvalue weighted by Crippen LogP contribution is -2.15. The molecule has 0 spiro atoms. The molecule has 1 aromatic carbocycles. The first-order chi connectivity index (χ1) is 10.3. The van der Waals surface area contributed by atoms with Crippen molar-refractivity contribution in [1.29, 1.82) is 0 Å². The Kier molecular flexibility index (Phi) is 3.03. The molecule has 0 atom stereocenters. The molecular weight excluding hydrogens is 324 g/mol. The van der Waals surface area contributed by atoms with Crippen molar-refractivity contribution in [1.82, 2.24) is 9.13 Å². The van der Waals surface area contributed by atoms with Crippen LogP contribution in [0.3, 0.4) is 0 Å². The van der Waals surface area contributed by atoms with Gasteiger partial charge in [-0.25, -0.2) is 0 Å². The molecule has 2 nitrogen and oxygen atoms in total. The van der Waals surface area contributed by atoms with Crippen LogP contribution in [0.15, 0.2) is 53.3 Å². The van der Waals surface area contributed by atoms with Crippen LogP contribution in [0.2, 0.25) is 0 Å². The highest BCUT2D eigenvalue weighted by Gasteiger charge is 2.22. The first-order valence-corrected chi connectivity index (χ1v) is 8.20. The number of aryl methyl sites for hydroxylation is 2. The van der Waals surface area contributed by atoms with Crippen LogP contribution >= 0.6 is 15.9 Å². The summed E-state index contributed by atoms with van der Waals surface area (Å²) >= 11 is 3.52. The Hall–Kier alpha value is -1.74. The first-order valence-electron chi connectivity index (χ1n) is 7.41. The van der Waals surface area contributed by atoms with Crippen molar-refractivity contribution in [2.75, 3.05) is 0 Å². The first kappa shape index (κ1) is 13.0. The molecule has 2 aromatic heterocycles. The molecule has 3 heterocycles. The molecule has 4 rings (SSSR count). The summed E-state index contributed by atoms with van der Waals surface area (Å²) in [5.74, 6) is 0. The molecule has 1 aliphatic rings. The quantitative estimate of drug-likeness (QED) is 0.623. The number of rotatable bonds is 2. The molecule has 0 aliphatic carbocycles. The smallest absolute Gasteiger partial charge is 0.0687 e. The maximum Gasteiger partial charge on any atom is 0.0687 e. The zero-order chi connectivity index (χ0) is 14.4. The molecule has 0 unspecified atom stereocenters. The maximum atomic E-state index is 3.52. The van der Waals surface area contributed by atoms with E-state index in [9.17, 15) is 0 Å². The third-order valence-corrected chi connectivity index (χ3v) is 4.87. The predicted octanol–water partition coefficient (Wildman–Crippen LogP) is 4.96. The van der Waals surface area contributed by atoms with Crippen molar-refractivity contribution < 1.29 is 0 Å². The van der Waals surface area contributed by atoms with Gasteiger partial charge in [0.2, 0.25) is 0 Å². The molecule has 0 radical (unpaired) electrons. The second kappa shape index (κ2) is 4.92. The van der Waals surface area contributed by atoms with E-state index in [4.69, 9.17) is 0 Å². The Morgan fingerprint density at radius 3 is 2.57 bits per heavy atom. The summed E-state index contributed by atoms with van der Waals surface area (Å²) in [6.45, 7) is 4.37. The van der Waals surface area contributed by atoms with Crippen molar-refractivity contribution in [3.8, 4) is 22.5 Å². The highest BCUT2D eigenvalue weighted by atomic mass is 79.9. The van der Waals surface area contributed by atoms with E-state index < -0.39 is 0 Å². The molecule has 1 aliphatic heterocycles. The van der Waals surface area contributed by atoms with E-state index >= 15 is 0 Å². The molecule has 106 valence electrons. The van der Waals surface area contributed by atoms with E-state index in [-0.39, 0.29) is 0 Å². The number of aromatic nitrogens is 2. The number of benzene rings is 1. The van der Waals surface area contributed by atoms with Crippen molar-refractivity contribution in [2.45, 2.75) is 26.4 Å². The average Bonchev–Trinajstić information content (AvgIpc) is 3.11. The molecule has 3 aromatic rings. The summed E-state index contributed by atoms with van der Waals surface area (Å²) in [5.41, 5.74) is 6.87. The van der Waals surface area contributed by atoms with Crippen LogP contribution in [-0.2, 0) is 19.5 Å². The zero-order valence-electron chi connectivity index (χ0n) is 12.0. The summed E-state index contributed by atoms with van der Waals surface area (Å²) in [7, 11) is 0.